The van der Waals surface area contributed by atoms with E-state index in [1.54, 1.807) is 17.4 Å². The van der Waals surface area contributed by atoms with Gasteiger partial charge in [0.2, 0.25) is 5.91 Å². The predicted molar refractivity (Wildman–Crippen MR) is 116 cm³/mol. The Balaban J connectivity index is 1.60. The largest absolute Gasteiger partial charge is 0.354 e. The number of amides is 2. The minimum Gasteiger partial charge on any atom is -0.354 e. The fraction of sp³-hybridized carbons (Fsp3) is 0.304. The Morgan fingerprint density at radius 3 is 2.50 bits per heavy atom. The van der Waals surface area contributed by atoms with Gasteiger partial charge in [-0.05, 0) is 53.3 Å². The molecule has 0 bridgehead atoms. The summed E-state index contributed by atoms with van der Waals surface area (Å²) in [5.41, 5.74) is 2.74. The van der Waals surface area contributed by atoms with E-state index in [1.807, 2.05) is 51.1 Å². The van der Waals surface area contributed by atoms with Crippen LogP contribution in [-0.2, 0) is 11.2 Å². The summed E-state index contributed by atoms with van der Waals surface area (Å²) in [6, 6.07) is 15.1. The zero-order valence-electron chi connectivity index (χ0n) is 16.5. The minimum atomic E-state index is -0.564. The van der Waals surface area contributed by atoms with Gasteiger partial charge in [-0.2, -0.15) is 0 Å². The predicted octanol–water partition coefficient (Wildman–Crippen LogP) is 4.32. The lowest BCUT2D eigenvalue weighted by molar-refractivity contribution is -0.123. The van der Waals surface area contributed by atoms with E-state index in [1.165, 1.54) is 15.6 Å². The number of rotatable bonds is 7. The highest BCUT2D eigenvalue weighted by Crippen LogP contribution is 2.25. The Kier molecular flexibility index (Phi) is 6.47. The van der Waals surface area contributed by atoms with Crippen LogP contribution in [0.5, 0.6) is 0 Å². The first-order valence-corrected chi connectivity index (χ1v) is 10.4. The molecule has 4 nitrogen and oxygen atoms in total. The Bertz CT molecular complexity index is 977. The van der Waals surface area contributed by atoms with Gasteiger partial charge < -0.3 is 10.6 Å². The first kappa shape index (κ1) is 20.1. The van der Waals surface area contributed by atoms with Crippen molar-refractivity contribution in [2.75, 3.05) is 6.54 Å². The maximum atomic E-state index is 12.7. The summed E-state index contributed by atoms with van der Waals surface area (Å²) in [5.74, 6) is -0.359. The zero-order chi connectivity index (χ0) is 20.1. The molecule has 2 N–H and O–H groups in total. The molecule has 0 saturated carbocycles. The van der Waals surface area contributed by atoms with E-state index in [2.05, 4.69) is 28.1 Å². The molecule has 2 aromatic carbocycles. The van der Waals surface area contributed by atoms with Crippen molar-refractivity contribution >= 4 is 33.2 Å². The standard InChI is InChI=1S/C23H26N2O2S/c1-15(2)21(25-22(26)18-9-5-4-8-16(18)3)23(27)24-13-12-17-14-28-20-11-7-6-10-19(17)20/h4-11,14-15,21H,12-13H2,1-3H3,(H,24,27)(H,25,26). The van der Waals surface area contributed by atoms with Gasteiger partial charge in [0.15, 0.2) is 0 Å². The Labute approximate surface area is 170 Å². The van der Waals surface area contributed by atoms with Gasteiger partial charge in [0.05, 0.1) is 0 Å². The van der Waals surface area contributed by atoms with E-state index in [0.717, 1.165) is 12.0 Å². The van der Waals surface area contributed by atoms with Gasteiger partial charge in [-0.1, -0.05) is 50.2 Å². The van der Waals surface area contributed by atoms with E-state index in [4.69, 9.17) is 0 Å². The number of carbonyl (C=O) groups is 2. The highest BCUT2D eigenvalue weighted by molar-refractivity contribution is 7.17. The highest BCUT2D eigenvalue weighted by Gasteiger charge is 2.24. The van der Waals surface area contributed by atoms with E-state index in [0.29, 0.717) is 12.1 Å². The molecular formula is C23H26N2O2S. The van der Waals surface area contributed by atoms with Crippen molar-refractivity contribution in [2.24, 2.45) is 5.92 Å². The molecule has 1 unspecified atom stereocenters. The molecule has 0 aliphatic heterocycles. The van der Waals surface area contributed by atoms with Gasteiger partial charge in [0, 0.05) is 16.8 Å². The topological polar surface area (TPSA) is 58.2 Å². The SMILES string of the molecule is Cc1ccccc1C(=O)NC(C(=O)NCCc1csc2ccccc12)C(C)C. The average molecular weight is 395 g/mol. The number of hydrogen-bond acceptors (Lipinski definition) is 3. The summed E-state index contributed by atoms with van der Waals surface area (Å²) in [6.07, 6.45) is 0.770. The number of hydrogen-bond donors (Lipinski definition) is 2. The summed E-state index contributed by atoms with van der Waals surface area (Å²) in [5, 5.41) is 9.28. The van der Waals surface area contributed by atoms with E-state index >= 15 is 0 Å². The molecule has 2 amide bonds. The molecule has 0 aliphatic carbocycles. The monoisotopic (exact) mass is 394 g/mol. The molecule has 0 fully saturated rings. The zero-order valence-corrected chi connectivity index (χ0v) is 17.3. The third kappa shape index (κ3) is 4.60. The van der Waals surface area contributed by atoms with Crippen LogP contribution in [0.15, 0.2) is 53.9 Å². The van der Waals surface area contributed by atoms with Crippen molar-refractivity contribution in [2.45, 2.75) is 33.2 Å². The number of aryl methyl sites for hydroxylation is 1. The smallest absolute Gasteiger partial charge is 0.252 e. The molecule has 1 aromatic heterocycles. The second kappa shape index (κ2) is 9.02. The molecule has 0 spiro atoms. The fourth-order valence-corrected chi connectivity index (χ4v) is 4.24. The van der Waals surface area contributed by atoms with Crippen LogP contribution in [0.1, 0.15) is 35.3 Å². The normalized spacial score (nSPS) is 12.1. The van der Waals surface area contributed by atoms with Crippen molar-refractivity contribution in [3.8, 4) is 0 Å². The summed E-state index contributed by atoms with van der Waals surface area (Å²) < 4.78 is 1.26. The van der Waals surface area contributed by atoms with Crippen molar-refractivity contribution in [3.63, 3.8) is 0 Å². The average Bonchev–Trinajstić information content (AvgIpc) is 3.09. The van der Waals surface area contributed by atoms with Crippen molar-refractivity contribution in [3.05, 3.63) is 70.6 Å². The summed E-state index contributed by atoms with van der Waals surface area (Å²) in [7, 11) is 0. The molecule has 1 atom stereocenters. The summed E-state index contributed by atoms with van der Waals surface area (Å²) in [4.78, 5) is 25.3. The maximum absolute atomic E-state index is 12.7. The third-order valence-corrected chi connectivity index (χ3v) is 5.89. The minimum absolute atomic E-state index is 0.00468. The van der Waals surface area contributed by atoms with Gasteiger partial charge >= 0.3 is 0 Å². The number of nitrogens with one attached hydrogen (secondary N) is 2. The van der Waals surface area contributed by atoms with Crippen LogP contribution in [-0.4, -0.2) is 24.4 Å². The number of carbonyl (C=O) groups excluding carboxylic acids is 2. The van der Waals surface area contributed by atoms with Gasteiger partial charge in [0.1, 0.15) is 6.04 Å². The van der Waals surface area contributed by atoms with Crippen LogP contribution in [0, 0.1) is 12.8 Å². The van der Waals surface area contributed by atoms with Crippen LogP contribution in [0.4, 0.5) is 0 Å². The van der Waals surface area contributed by atoms with Gasteiger partial charge in [-0.15, -0.1) is 11.3 Å². The van der Waals surface area contributed by atoms with E-state index in [9.17, 15) is 9.59 Å². The molecule has 3 rings (SSSR count). The molecular weight excluding hydrogens is 368 g/mol. The molecule has 146 valence electrons. The van der Waals surface area contributed by atoms with Crippen molar-refractivity contribution in [1.29, 1.82) is 0 Å². The van der Waals surface area contributed by atoms with Crippen molar-refractivity contribution < 1.29 is 9.59 Å². The third-order valence-electron chi connectivity index (χ3n) is 4.88. The molecule has 0 saturated heterocycles. The van der Waals surface area contributed by atoms with Crippen LogP contribution in [0.3, 0.4) is 0 Å². The molecule has 0 aliphatic rings. The molecule has 3 aromatic rings. The second-order valence-corrected chi connectivity index (χ2v) is 8.22. The Morgan fingerprint density at radius 1 is 1.04 bits per heavy atom. The Morgan fingerprint density at radius 2 is 1.75 bits per heavy atom. The van der Waals surface area contributed by atoms with Gasteiger partial charge in [-0.25, -0.2) is 0 Å². The number of fused-ring (bicyclic) bond motifs is 1. The fourth-order valence-electron chi connectivity index (χ4n) is 3.24. The number of benzene rings is 2. The van der Waals surface area contributed by atoms with E-state index in [-0.39, 0.29) is 17.7 Å². The summed E-state index contributed by atoms with van der Waals surface area (Å²) >= 11 is 1.72. The van der Waals surface area contributed by atoms with Crippen LogP contribution in [0.25, 0.3) is 10.1 Å². The van der Waals surface area contributed by atoms with Crippen LogP contribution < -0.4 is 10.6 Å². The van der Waals surface area contributed by atoms with Crippen molar-refractivity contribution in [1.82, 2.24) is 10.6 Å². The second-order valence-electron chi connectivity index (χ2n) is 7.31. The molecule has 5 heteroatoms. The maximum Gasteiger partial charge on any atom is 0.252 e. The van der Waals surface area contributed by atoms with Crippen LogP contribution >= 0.6 is 11.3 Å². The highest BCUT2D eigenvalue weighted by atomic mass is 32.1. The Hall–Kier alpha value is -2.66. The molecule has 28 heavy (non-hydrogen) atoms. The van der Waals surface area contributed by atoms with Gasteiger partial charge in [0.25, 0.3) is 5.91 Å². The van der Waals surface area contributed by atoms with Gasteiger partial charge in [-0.3, -0.25) is 9.59 Å². The number of thiophene rings is 1. The van der Waals surface area contributed by atoms with Crippen LogP contribution in [0.2, 0.25) is 0 Å². The lowest BCUT2D eigenvalue weighted by Crippen LogP contribution is -2.50. The first-order valence-electron chi connectivity index (χ1n) is 9.56. The molecule has 1 heterocycles. The lowest BCUT2D eigenvalue weighted by Gasteiger charge is -2.22. The van der Waals surface area contributed by atoms with E-state index < -0.39 is 6.04 Å². The molecule has 0 radical (unpaired) electrons. The lowest BCUT2D eigenvalue weighted by atomic mass is 10.0. The summed E-state index contributed by atoms with van der Waals surface area (Å²) in [6.45, 7) is 6.32. The quantitative estimate of drug-likeness (QED) is 0.627. The first-order chi connectivity index (χ1) is 13.5.